The van der Waals surface area contributed by atoms with E-state index >= 15 is 0 Å². The number of halogens is 7. The van der Waals surface area contributed by atoms with Gasteiger partial charge in [0, 0.05) is 0 Å². The zero-order valence-electron chi connectivity index (χ0n) is 12.1. The molecular weight excluding hydrogens is 488 g/mol. The third-order valence-electron chi connectivity index (χ3n) is 2.28. The second-order valence-electron chi connectivity index (χ2n) is 3.79. The summed E-state index contributed by atoms with van der Waals surface area (Å²) >= 11 is 37.9. The van der Waals surface area contributed by atoms with Crippen LogP contribution in [0.15, 0.2) is 0 Å². The highest BCUT2D eigenvalue weighted by Gasteiger charge is 2.30. The predicted molar refractivity (Wildman–Crippen MR) is 97.1 cm³/mol. The Morgan fingerprint density at radius 2 is 0.960 bits per heavy atom. The minimum atomic E-state index is -2.17. The highest BCUT2D eigenvalue weighted by Crippen LogP contribution is 2.41. The maximum Gasteiger partial charge on any atom is 0.356 e. The van der Waals surface area contributed by atoms with Crippen molar-refractivity contribution in [1.82, 2.24) is 0 Å². The molecule has 0 fully saturated rings. The number of ether oxygens (including phenoxy) is 2. The van der Waals surface area contributed by atoms with Crippen LogP contribution in [0.25, 0.3) is 0 Å². The van der Waals surface area contributed by atoms with Gasteiger partial charge in [0.05, 0.1) is 45.4 Å². The number of carboxylic acid groups (broad SMARTS) is 1. The Kier molecular flexibility index (Phi) is 9.98. The predicted octanol–water partition coefficient (Wildman–Crippen LogP) is 5.31. The van der Waals surface area contributed by atoms with E-state index in [4.69, 9.17) is 86.3 Å². The summed E-state index contributed by atoms with van der Waals surface area (Å²) in [5.41, 5.74) is -0.410. The third kappa shape index (κ3) is 6.40. The largest absolute Gasteiger partial charge is 0.478 e. The summed E-state index contributed by atoms with van der Waals surface area (Å²) < 4.78 is 6.82. The molecule has 0 radical (unpaired) electrons. The van der Waals surface area contributed by atoms with Crippen molar-refractivity contribution < 1.29 is 29.0 Å². The number of hydrogen-bond acceptors (Lipinski definition) is 5. The van der Waals surface area contributed by atoms with Crippen molar-refractivity contribution in [2.75, 3.05) is 14.2 Å². The molecule has 0 saturated heterocycles. The van der Waals surface area contributed by atoms with Crippen LogP contribution >= 0.6 is 81.2 Å². The molecule has 1 aromatic carbocycles. The van der Waals surface area contributed by atoms with Gasteiger partial charge >= 0.3 is 17.9 Å². The standard InChI is InChI=1S/C10H6Cl4O4.C2HCl3O2/c1-17-9(15)3-5(11)7(13)4(10(16)18-2)8(14)6(3)12;3-2(4,5)1(6)7/h1-2H3;(H,6,7). The number of benzene rings is 1. The molecule has 1 aromatic rings. The monoisotopic (exact) mass is 492 g/mol. The fourth-order valence-corrected chi connectivity index (χ4v) is 2.36. The average molecular weight is 495 g/mol. The second-order valence-corrected chi connectivity index (χ2v) is 7.59. The van der Waals surface area contributed by atoms with E-state index in [1.807, 2.05) is 0 Å². The molecule has 25 heavy (non-hydrogen) atoms. The molecule has 0 amide bonds. The molecule has 1 rings (SSSR count). The maximum atomic E-state index is 11.5. The second kappa shape index (κ2) is 10.1. The Bertz CT molecular complexity index is 622. The Morgan fingerprint density at radius 3 is 1.08 bits per heavy atom. The summed E-state index contributed by atoms with van der Waals surface area (Å²) in [6.45, 7) is 0. The van der Waals surface area contributed by atoms with Gasteiger partial charge in [-0.2, -0.15) is 0 Å². The lowest BCUT2D eigenvalue weighted by Gasteiger charge is -2.12. The van der Waals surface area contributed by atoms with Crippen LogP contribution in [0.2, 0.25) is 20.1 Å². The van der Waals surface area contributed by atoms with Crippen molar-refractivity contribution in [2.45, 2.75) is 3.79 Å². The molecule has 1 N–H and O–H groups in total. The number of aliphatic carboxylic acids is 1. The van der Waals surface area contributed by atoms with Crippen LogP contribution in [0.1, 0.15) is 20.7 Å². The van der Waals surface area contributed by atoms with E-state index in [0.717, 1.165) is 14.2 Å². The number of methoxy groups -OCH3 is 2. The maximum absolute atomic E-state index is 11.5. The molecule has 0 unspecified atom stereocenters. The molecule has 0 aliphatic rings. The molecule has 0 spiro atoms. The number of carbonyl (C=O) groups excluding carboxylic acids is 2. The van der Waals surface area contributed by atoms with Gasteiger partial charge in [0.1, 0.15) is 0 Å². The van der Waals surface area contributed by atoms with E-state index in [9.17, 15) is 14.4 Å². The van der Waals surface area contributed by atoms with Gasteiger partial charge in [0.15, 0.2) is 0 Å². The highest BCUT2D eigenvalue weighted by molar-refractivity contribution is 6.75. The van der Waals surface area contributed by atoms with E-state index < -0.39 is 21.7 Å². The first kappa shape index (κ1) is 24.7. The van der Waals surface area contributed by atoms with Crippen LogP contribution in [0, 0.1) is 0 Å². The van der Waals surface area contributed by atoms with Crippen molar-refractivity contribution in [3.05, 3.63) is 31.2 Å². The Hall–Kier alpha value is -0.340. The summed E-state index contributed by atoms with van der Waals surface area (Å²) in [4.78, 5) is 32.6. The molecule has 0 aliphatic carbocycles. The molecule has 0 bridgehead atoms. The van der Waals surface area contributed by atoms with Crippen LogP contribution in [0.4, 0.5) is 0 Å². The van der Waals surface area contributed by atoms with Crippen LogP contribution in [0.5, 0.6) is 0 Å². The van der Waals surface area contributed by atoms with Gasteiger partial charge in [-0.05, 0) is 0 Å². The average Bonchev–Trinajstić information content (AvgIpc) is 2.52. The Balaban J connectivity index is 0.000000697. The molecule has 0 atom stereocenters. The lowest BCUT2D eigenvalue weighted by atomic mass is 10.1. The van der Waals surface area contributed by atoms with Crippen molar-refractivity contribution in [3.63, 3.8) is 0 Å². The first-order chi connectivity index (χ1) is 11.3. The molecule has 6 nitrogen and oxygen atoms in total. The SMILES string of the molecule is COC(=O)c1c(Cl)c(Cl)c(C(=O)OC)c(Cl)c1Cl.O=C(O)C(Cl)(Cl)Cl. The minimum absolute atomic E-state index is 0.205. The van der Waals surface area contributed by atoms with Crippen LogP contribution in [-0.2, 0) is 14.3 Å². The molecule has 0 aliphatic heterocycles. The first-order valence-electron chi connectivity index (χ1n) is 5.63. The number of carbonyl (C=O) groups is 3. The molecule has 140 valence electrons. The van der Waals surface area contributed by atoms with Crippen molar-refractivity contribution in [2.24, 2.45) is 0 Å². The molecule has 13 heteroatoms. The van der Waals surface area contributed by atoms with Crippen molar-refractivity contribution in [1.29, 1.82) is 0 Å². The molecule has 0 aromatic heterocycles. The van der Waals surface area contributed by atoms with Crippen LogP contribution in [-0.4, -0.2) is 41.0 Å². The van der Waals surface area contributed by atoms with E-state index in [2.05, 4.69) is 9.47 Å². The van der Waals surface area contributed by atoms with E-state index in [1.165, 1.54) is 0 Å². The van der Waals surface area contributed by atoms with Gasteiger partial charge in [-0.25, -0.2) is 14.4 Å². The zero-order valence-corrected chi connectivity index (χ0v) is 17.4. The molecule has 0 heterocycles. The lowest BCUT2D eigenvalue weighted by Crippen LogP contribution is -2.16. The molecular formula is C12H7Cl7O6. The van der Waals surface area contributed by atoms with Gasteiger partial charge in [-0.15, -0.1) is 0 Å². The topological polar surface area (TPSA) is 89.9 Å². The third-order valence-corrected chi connectivity index (χ3v) is 4.48. The Morgan fingerprint density at radius 1 is 0.760 bits per heavy atom. The van der Waals surface area contributed by atoms with Crippen LogP contribution in [0.3, 0.4) is 0 Å². The van der Waals surface area contributed by atoms with E-state index in [-0.39, 0.29) is 31.2 Å². The normalized spacial score (nSPS) is 10.4. The van der Waals surface area contributed by atoms with Gasteiger partial charge in [-0.1, -0.05) is 81.2 Å². The van der Waals surface area contributed by atoms with Crippen molar-refractivity contribution in [3.8, 4) is 0 Å². The minimum Gasteiger partial charge on any atom is -0.478 e. The fourth-order valence-electron chi connectivity index (χ4n) is 1.19. The highest BCUT2D eigenvalue weighted by atomic mass is 35.6. The zero-order chi connectivity index (χ0) is 20.1. The lowest BCUT2D eigenvalue weighted by molar-refractivity contribution is -0.135. The van der Waals surface area contributed by atoms with Gasteiger partial charge in [-0.3, -0.25) is 0 Å². The van der Waals surface area contributed by atoms with Gasteiger partial charge in [0.2, 0.25) is 0 Å². The van der Waals surface area contributed by atoms with E-state index in [1.54, 1.807) is 0 Å². The summed E-state index contributed by atoms with van der Waals surface area (Å²) in [7, 11) is 2.29. The summed E-state index contributed by atoms with van der Waals surface area (Å²) in [6.07, 6.45) is 0. The summed E-state index contributed by atoms with van der Waals surface area (Å²) in [5, 5.41) is 6.96. The van der Waals surface area contributed by atoms with E-state index in [0.29, 0.717) is 0 Å². The quantitative estimate of drug-likeness (QED) is 0.340. The van der Waals surface area contributed by atoms with Crippen molar-refractivity contribution >= 4 is 99.1 Å². The summed E-state index contributed by atoms with van der Waals surface area (Å²) in [5.74, 6) is -3.09. The number of hydrogen-bond donors (Lipinski definition) is 1. The molecule has 0 saturated carbocycles. The number of alkyl halides is 3. The fraction of sp³-hybridized carbons (Fsp3) is 0.250. The Labute approximate surface area is 176 Å². The summed E-state index contributed by atoms with van der Waals surface area (Å²) in [6, 6.07) is 0. The van der Waals surface area contributed by atoms with Gasteiger partial charge in [0.25, 0.3) is 3.79 Å². The van der Waals surface area contributed by atoms with Crippen LogP contribution < -0.4 is 0 Å². The van der Waals surface area contributed by atoms with Gasteiger partial charge < -0.3 is 14.6 Å². The number of carboxylic acids is 1. The number of rotatable bonds is 2. The first-order valence-corrected chi connectivity index (χ1v) is 8.28. The number of esters is 2. The smallest absolute Gasteiger partial charge is 0.356 e.